The van der Waals surface area contributed by atoms with Crippen LogP contribution in [0.3, 0.4) is 0 Å². The highest BCUT2D eigenvalue weighted by molar-refractivity contribution is 6.46. The number of hydrogen-bond donors (Lipinski definition) is 2. The van der Waals surface area contributed by atoms with Gasteiger partial charge in [-0.15, -0.1) is 0 Å². The topological polar surface area (TPSA) is 112 Å². The number of ketones is 1. The molecule has 9 nitrogen and oxygen atoms in total. The Morgan fingerprint density at radius 1 is 1.23 bits per heavy atom. The molecule has 2 heterocycles. The van der Waals surface area contributed by atoms with Gasteiger partial charge in [-0.05, 0) is 71.1 Å². The Hall–Kier alpha value is -3.59. The summed E-state index contributed by atoms with van der Waals surface area (Å²) in [5.74, 6) is -1.75. The largest absolute Gasteiger partial charge is 0.507 e. The van der Waals surface area contributed by atoms with Crippen LogP contribution >= 0.6 is 0 Å². The zero-order valence-corrected chi connectivity index (χ0v) is 21.1. The molecule has 0 radical (unpaired) electrons. The van der Waals surface area contributed by atoms with Crippen LogP contribution in [0.15, 0.2) is 29.8 Å². The van der Waals surface area contributed by atoms with E-state index in [4.69, 9.17) is 9.47 Å². The number of benzene rings is 1. The van der Waals surface area contributed by atoms with Gasteiger partial charge in [-0.1, -0.05) is 12.1 Å². The summed E-state index contributed by atoms with van der Waals surface area (Å²) in [5.41, 5.74) is 2.07. The van der Waals surface area contributed by atoms with E-state index in [-0.39, 0.29) is 23.6 Å². The van der Waals surface area contributed by atoms with E-state index in [0.29, 0.717) is 41.1 Å². The number of aliphatic hydroxyl groups excluding tert-OH is 1. The van der Waals surface area contributed by atoms with Crippen LogP contribution in [0.5, 0.6) is 5.75 Å². The molecule has 1 saturated heterocycles. The molecule has 1 amide bonds. The van der Waals surface area contributed by atoms with Gasteiger partial charge >= 0.3 is 5.97 Å². The first-order valence-electron chi connectivity index (χ1n) is 11.6. The second-order valence-electron chi connectivity index (χ2n) is 8.77. The second kappa shape index (κ2) is 10.8. The molecule has 0 aliphatic carbocycles. The van der Waals surface area contributed by atoms with Gasteiger partial charge in [0, 0.05) is 17.8 Å². The number of H-pyrrole nitrogens is 1. The average molecular weight is 484 g/mol. The van der Waals surface area contributed by atoms with Gasteiger partial charge in [0.05, 0.1) is 25.3 Å². The molecule has 1 aliphatic heterocycles. The number of amides is 1. The van der Waals surface area contributed by atoms with Gasteiger partial charge < -0.3 is 29.4 Å². The molecule has 0 spiro atoms. The summed E-state index contributed by atoms with van der Waals surface area (Å²) in [7, 11) is 5.41. The number of carbonyl (C=O) groups is 3. The van der Waals surface area contributed by atoms with E-state index in [0.717, 1.165) is 6.54 Å². The SMILES string of the molecule is CCOC(=O)c1[nH]c(C)c(C(O)=C2C(=O)C(=O)N(CCCN(C)C)[C@@H]2c2cccc(OC)c2)c1C. The lowest BCUT2D eigenvalue weighted by Gasteiger charge is -2.26. The quantitative estimate of drug-likeness (QED) is 0.244. The van der Waals surface area contributed by atoms with E-state index in [1.54, 1.807) is 45.0 Å². The van der Waals surface area contributed by atoms with Crippen molar-refractivity contribution in [3.05, 3.63) is 57.9 Å². The first-order chi connectivity index (χ1) is 16.6. The summed E-state index contributed by atoms with van der Waals surface area (Å²) in [6, 6.07) is 6.30. The monoisotopic (exact) mass is 483 g/mol. The van der Waals surface area contributed by atoms with Crippen molar-refractivity contribution in [3.8, 4) is 5.75 Å². The van der Waals surface area contributed by atoms with Crippen molar-refractivity contribution in [2.45, 2.75) is 33.2 Å². The number of esters is 1. The molecule has 0 bridgehead atoms. The summed E-state index contributed by atoms with van der Waals surface area (Å²) in [5, 5.41) is 11.5. The maximum Gasteiger partial charge on any atom is 0.355 e. The number of nitrogens with zero attached hydrogens (tertiary/aromatic N) is 2. The number of carbonyl (C=O) groups excluding carboxylic acids is 3. The third-order valence-corrected chi connectivity index (χ3v) is 6.11. The fourth-order valence-electron chi connectivity index (χ4n) is 4.47. The van der Waals surface area contributed by atoms with E-state index in [1.807, 2.05) is 19.0 Å². The minimum Gasteiger partial charge on any atom is -0.507 e. The number of aryl methyl sites for hydroxylation is 1. The molecule has 188 valence electrons. The van der Waals surface area contributed by atoms with Crippen molar-refractivity contribution in [2.75, 3.05) is 40.9 Å². The van der Waals surface area contributed by atoms with Gasteiger partial charge in [0.25, 0.3) is 11.7 Å². The summed E-state index contributed by atoms with van der Waals surface area (Å²) in [6.07, 6.45) is 0.649. The van der Waals surface area contributed by atoms with Gasteiger partial charge in [-0.2, -0.15) is 0 Å². The zero-order valence-electron chi connectivity index (χ0n) is 21.1. The van der Waals surface area contributed by atoms with E-state index in [2.05, 4.69) is 4.98 Å². The van der Waals surface area contributed by atoms with Crippen LogP contribution in [-0.2, 0) is 14.3 Å². The Balaban J connectivity index is 2.18. The molecule has 3 rings (SSSR count). The van der Waals surface area contributed by atoms with Crippen LogP contribution in [0.1, 0.15) is 52.3 Å². The number of nitrogens with one attached hydrogen (secondary N) is 1. The van der Waals surface area contributed by atoms with Crippen molar-refractivity contribution in [1.82, 2.24) is 14.8 Å². The van der Waals surface area contributed by atoms with Gasteiger partial charge in [0.1, 0.15) is 17.2 Å². The summed E-state index contributed by atoms with van der Waals surface area (Å²) >= 11 is 0. The molecule has 1 aromatic carbocycles. The number of aliphatic hydroxyl groups is 1. The van der Waals surface area contributed by atoms with Gasteiger partial charge in [0.15, 0.2) is 0 Å². The van der Waals surface area contributed by atoms with Crippen molar-refractivity contribution in [3.63, 3.8) is 0 Å². The Morgan fingerprint density at radius 3 is 2.57 bits per heavy atom. The molecule has 1 atom stereocenters. The van der Waals surface area contributed by atoms with Crippen molar-refractivity contribution < 1.29 is 29.0 Å². The number of methoxy groups -OCH3 is 1. The third-order valence-electron chi connectivity index (χ3n) is 6.11. The molecule has 1 fully saturated rings. The number of Topliss-reactive ketones (excluding diaryl/α,β-unsaturated/α-hetero) is 1. The van der Waals surface area contributed by atoms with E-state index in [1.165, 1.54) is 12.0 Å². The van der Waals surface area contributed by atoms with Gasteiger partial charge in [-0.3, -0.25) is 9.59 Å². The lowest BCUT2D eigenvalue weighted by molar-refractivity contribution is -0.139. The second-order valence-corrected chi connectivity index (χ2v) is 8.77. The van der Waals surface area contributed by atoms with Crippen molar-refractivity contribution in [1.29, 1.82) is 0 Å². The van der Waals surface area contributed by atoms with Crippen molar-refractivity contribution >= 4 is 23.4 Å². The van der Waals surface area contributed by atoms with Crippen molar-refractivity contribution in [2.24, 2.45) is 0 Å². The van der Waals surface area contributed by atoms with Crippen LogP contribution in [0, 0.1) is 13.8 Å². The molecule has 1 aliphatic rings. The number of aromatic nitrogens is 1. The summed E-state index contributed by atoms with van der Waals surface area (Å²) in [4.78, 5) is 45.2. The minimum atomic E-state index is -0.799. The standard InChI is InChI=1S/C26H33N3O6/c1-7-35-26(33)21-15(2)19(16(3)27-21)23(30)20-22(17-10-8-11-18(14-17)34-6)29(25(32)24(20)31)13-9-12-28(4)5/h8,10-11,14,22,27,30H,7,9,12-13H2,1-6H3/t22-/m1/s1. The predicted molar refractivity (Wildman–Crippen MR) is 131 cm³/mol. The van der Waals surface area contributed by atoms with Crippen LogP contribution in [0.25, 0.3) is 5.76 Å². The van der Waals surface area contributed by atoms with Crippen LogP contribution in [-0.4, -0.2) is 78.5 Å². The highest BCUT2D eigenvalue weighted by atomic mass is 16.5. The number of likely N-dealkylation sites (tertiary alicyclic amines) is 1. The fourth-order valence-corrected chi connectivity index (χ4v) is 4.47. The molecule has 9 heteroatoms. The molecular formula is C26H33N3O6. The van der Waals surface area contributed by atoms with Crippen LogP contribution < -0.4 is 4.74 Å². The first kappa shape index (κ1) is 26.0. The van der Waals surface area contributed by atoms with Gasteiger partial charge in [0.2, 0.25) is 0 Å². The molecule has 35 heavy (non-hydrogen) atoms. The fraction of sp³-hybridized carbons (Fsp3) is 0.423. The lowest BCUT2D eigenvalue weighted by Crippen LogP contribution is -2.32. The Kier molecular flexibility index (Phi) is 8.01. The molecule has 0 saturated carbocycles. The molecule has 2 aromatic rings. The average Bonchev–Trinajstić information content (AvgIpc) is 3.26. The molecule has 1 aromatic heterocycles. The first-order valence-corrected chi connectivity index (χ1v) is 11.6. The smallest absolute Gasteiger partial charge is 0.355 e. The number of rotatable bonds is 9. The third kappa shape index (κ3) is 5.09. The van der Waals surface area contributed by atoms with Crippen LogP contribution in [0.2, 0.25) is 0 Å². The zero-order chi connectivity index (χ0) is 25.9. The summed E-state index contributed by atoms with van der Waals surface area (Å²) in [6.45, 7) is 6.33. The van der Waals surface area contributed by atoms with E-state index >= 15 is 0 Å². The summed E-state index contributed by atoms with van der Waals surface area (Å²) < 4.78 is 10.5. The molecule has 0 unspecified atom stereocenters. The number of hydrogen-bond acceptors (Lipinski definition) is 7. The van der Waals surface area contributed by atoms with E-state index < -0.39 is 23.7 Å². The Morgan fingerprint density at radius 2 is 1.94 bits per heavy atom. The normalized spacial score (nSPS) is 17.3. The van der Waals surface area contributed by atoms with Gasteiger partial charge in [-0.25, -0.2) is 4.79 Å². The Labute approximate surface area is 205 Å². The predicted octanol–water partition coefficient (Wildman–Crippen LogP) is 3.19. The van der Waals surface area contributed by atoms with Crippen LogP contribution in [0.4, 0.5) is 0 Å². The highest BCUT2D eigenvalue weighted by Crippen LogP contribution is 2.41. The molecule has 2 N–H and O–H groups in total. The highest BCUT2D eigenvalue weighted by Gasteiger charge is 2.46. The maximum atomic E-state index is 13.3. The Bertz CT molecular complexity index is 1160. The number of ether oxygens (including phenoxy) is 2. The maximum absolute atomic E-state index is 13.3. The lowest BCUT2D eigenvalue weighted by atomic mass is 9.94. The van der Waals surface area contributed by atoms with E-state index in [9.17, 15) is 19.5 Å². The molecular weight excluding hydrogens is 450 g/mol. The minimum absolute atomic E-state index is 0.0197. The number of aromatic amines is 1.